The molecule has 0 radical (unpaired) electrons. The second kappa shape index (κ2) is 4.26. The van der Waals surface area contributed by atoms with Crippen LogP contribution in [0.5, 0.6) is 0 Å². The van der Waals surface area contributed by atoms with E-state index in [4.69, 9.17) is 4.74 Å². The van der Waals surface area contributed by atoms with Gasteiger partial charge in [0.25, 0.3) is 0 Å². The lowest BCUT2D eigenvalue weighted by molar-refractivity contribution is 0.114. The average Bonchev–Trinajstić information content (AvgIpc) is 2.52. The van der Waals surface area contributed by atoms with Crippen molar-refractivity contribution in [2.24, 2.45) is 4.99 Å². The van der Waals surface area contributed by atoms with Gasteiger partial charge in [0.2, 0.25) is 0 Å². The number of thiophene rings is 1. The van der Waals surface area contributed by atoms with Crippen LogP contribution in [0.3, 0.4) is 0 Å². The van der Waals surface area contributed by atoms with Gasteiger partial charge in [-0.25, -0.2) is 0 Å². The highest BCUT2D eigenvalue weighted by atomic mass is 32.1. The van der Waals surface area contributed by atoms with Gasteiger partial charge in [-0.15, -0.1) is 11.3 Å². The molecular weight excluding hydrogens is 158 g/mol. The zero-order chi connectivity index (χ0) is 8.10. The minimum Gasteiger partial charge on any atom is -0.374 e. The second-order valence-corrected chi connectivity index (χ2v) is 3.13. The number of methoxy groups -OCH3 is 1. The van der Waals surface area contributed by atoms with E-state index in [2.05, 4.69) is 11.7 Å². The Morgan fingerprint density at radius 3 is 3.09 bits per heavy atom. The number of rotatable bonds is 4. The topological polar surface area (TPSA) is 21.6 Å². The zero-order valence-electron chi connectivity index (χ0n) is 6.49. The van der Waals surface area contributed by atoms with E-state index < -0.39 is 0 Å². The standard InChI is InChI=1S/C8H11NOS/c1-9-6-7(10-2)8-4-3-5-11-8/h3-5,7H,1,6H2,2H3. The van der Waals surface area contributed by atoms with E-state index in [0.29, 0.717) is 6.54 Å². The van der Waals surface area contributed by atoms with E-state index in [1.807, 2.05) is 17.5 Å². The van der Waals surface area contributed by atoms with Crippen molar-refractivity contribution >= 4 is 18.1 Å². The molecular formula is C8H11NOS. The molecule has 0 saturated heterocycles. The summed E-state index contributed by atoms with van der Waals surface area (Å²) in [6.45, 7) is 4.07. The van der Waals surface area contributed by atoms with Crippen molar-refractivity contribution in [3.63, 3.8) is 0 Å². The van der Waals surface area contributed by atoms with Crippen LogP contribution in [-0.4, -0.2) is 20.4 Å². The van der Waals surface area contributed by atoms with Crippen LogP contribution >= 0.6 is 11.3 Å². The molecule has 0 aliphatic heterocycles. The fourth-order valence-corrected chi connectivity index (χ4v) is 1.67. The summed E-state index contributed by atoms with van der Waals surface area (Å²) >= 11 is 1.68. The van der Waals surface area contributed by atoms with Crippen molar-refractivity contribution in [2.45, 2.75) is 6.10 Å². The number of ether oxygens (including phenoxy) is 1. The molecule has 0 aromatic carbocycles. The van der Waals surface area contributed by atoms with Gasteiger partial charge in [-0.3, -0.25) is 4.99 Å². The van der Waals surface area contributed by atoms with Gasteiger partial charge in [-0.1, -0.05) is 6.07 Å². The molecule has 1 aromatic rings. The first-order valence-corrected chi connectivity index (χ1v) is 4.25. The third-order valence-corrected chi connectivity index (χ3v) is 2.40. The quantitative estimate of drug-likeness (QED) is 0.633. The molecule has 0 aliphatic carbocycles. The maximum atomic E-state index is 5.21. The van der Waals surface area contributed by atoms with E-state index in [-0.39, 0.29) is 6.10 Å². The summed E-state index contributed by atoms with van der Waals surface area (Å²) < 4.78 is 5.21. The Morgan fingerprint density at radius 1 is 1.82 bits per heavy atom. The molecule has 1 heterocycles. The molecule has 1 aromatic heterocycles. The highest BCUT2D eigenvalue weighted by molar-refractivity contribution is 7.10. The number of hydrogen-bond acceptors (Lipinski definition) is 3. The molecule has 1 unspecified atom stereocenters. The Labute approximate surface area is 70.5 Å². The lowest BCUT2D eigenvalue weighted by atomic mass is 10.3. The van der Waals surface area contributed by atoms with Crippen molar-refractivity contribution in [3.05, 3.63) is 22.4 Å². The van der Waals surface area contributed by atoms with Gasteiger partial charge in [0.1, 0.15) is 6.10 Å². The SMILES string of the molecule is C=NCC(OC)c1cccs1. The summed E-state index contributed by atoms with van der Waals surface area (Å²) in [5, 5.41) is 2.03. The molecule has 0 spiro atoms. The Bertz CT molecular complexity index is 208. The van der Waals surface area contributed by atoms with E-state index >= 15 is 0 Å². The van der Waals surface area contributed by atoms with Gasteiger partial charge in [-0.2, -0.15) is 0 Å². The average molecular weight is 169 g/mol. The molecule has 1 atom stereocenters. The predicted molar refractivity (Wildman–Crippen MR) is 48.5 cm³/mol. The summed E-state index contributed by atoms with van der Waals surface area (Å²) in [6, 6.07) is 4.05. The third-order valence-electron chi connectivity index (χ3n) is 1.44. The van der Waals surface area contributed by atoms with E-state index in [0.717, 1.165) is 0 Å². The molecule has 60 valence electrons. The fourth-order valence-electron chi connectivity index (χ4n) is 0.872. The highest BCUT2D eigenvalue weighted by Gasteiger charge is 2.08. The Balaban J connectivity index is 2.62. The van der Waals surface area contributed by atoms with Crippen LogP contribution in [0.25, 0.3) is 0 Å². The Morgan fingerprint density at radius 2 is 2.64 bits per heavy atom. The van der Waals surface area contributed by atoms with E-state index in [1.165, 1.54) is 4.88 Å². The van der Waals surface area contributed by atoms with Gasteiger partial charge in [0.05, 0.1) is 6.54 Å². The van der Waals surface area contributed by atoms with Crippen LogP contribution in [-0.2, 0) is 4.74 Å². The van der Waals surface area contributed by atoms with Gasteiger partial charge in [0.15, 0.2) is 0 Å². The summed E-state index contributed by atoms with van der Waals surface area (Å²) in [7, 11) is 1.69. The highest BCUT2D eigenvalue weighted by Crippen LogP contribution is 2.21. The summed E-state index contributed by atoms with van der Waals surface area (Å²) in [4.78, 5) is 5.00. The number of aliphatic imine (C=N–C) groups is 1. The lowest BCUT2D eigenvalue weighted by Gasteiger charge is -2.09. The maximum absolute atomic E-state index is 5.21. The van der Waals surface area contributed by atoms with Crippen LogP contribution in [0, 0.1) is 0 Å². The first-order valence-electron chi connectivity index (χ1n) is 3.37. The molecule has 11 heavy (non-hydrogen) atoms. The fraction of sp³-hybridized carbons (Fsp3) is 0.375. The minimum atomic E-state index is 0.0903. The normalized spacial score (nSPS) is 12.8. The molecule has 2 nitrogen and oxygen atoms in total. The van der Waals surface area contributed by atoms with Crippen molar-refractivity contribution in [3.8, 4) is 0 Å². The molecule has 0 amide bonds. The van der Waals surface area contributed by atoms with Crippen LogP contribution < -0.4 is 0 Å². The first-order chi connectivity index (χ1) is 5.38. The minimum absolute atomic E-state index is 0.0903. The van der Waals surface area contributed by atoms with Crippen LogP contribution in [0.4, 0.5) is 0 Å². The maximum Gasteiger partial charge on any atom is 0.111 e. The van der Waals surface area contributed by atoms with Crippen molar-refractivity contribution in [1.82, 2.24) is 0 Å². The van der Waals surface area contributed by atoms with E-state index in [9.17, 15) is 0 Å². The largest absolute Gasteiger partial charge is 0.374 e. The smallest absolute Gasteiger partial charge is 0.111 e. The molecule has 0 aliphatic rings. The molecule has 0 fully saturated rings. The molecule has 0 saturated carbocycles. The third kappa shape index (κ3) is 2.13. The number of nitrogens with zero attached hydrogens (tertiary/aromatic N) is 1. The van der Waals surface area contributed by atoms with Crippen molar-refractivity contribution in [1.29, 1.82) is 0 Å². The van der Waals surface area contributed by atoms with E-state index in [1.54, 1.807) is 18.4 Å². The molecule has 1 rings (SSSR count). The Hall–Kier alpha value is -0.670. The monoisotopic (exact) mass is 169 g/mol. The van der Waals surface area contributed by atoms with Gasteiger partial charge >= 0.3 is 0 Å². The zero-order valence-corrected chi connectivity index (χ0v) is 7.30. The first kappa shape index (κ1) is 8.43. The van der Waals surface area contributed by atoms with Gasteiger partial charge in [-0.05, 0) is 18.2 Å². The lowest BCUT2D eigenvalue weighted by Crippen LogP contribution is -2.02. The van der Waals surface area contributed by atoms with Crippen molar-refractivity contribution in [2.75, 3.05) is 13.7 Å². The molecule has 0 N–H and O–H groups in total. The molecule has 0 bridgehead atoms. The van der Waals surface area contributed by atoms with Crippen molar-refractivity contribution < 1.29 is 4.74 Å². The number of hydrogen-bond donors (Lipinski definition) is 0. The summed E-state index contributed by atoms with van der Waals surface area (Å²) in [6.07, 6.45) is 0.0903. The van der Waals surface area contributed by atoms with Crippen LogP contribution in [0.1, 0.15) is 11.0 Å². The van der Waals surface area contributed by atoms with Crippen LogP contribution in [0.2, 0.25) is 0 Å². The van der Waals surface area contributed by atoms with Gasteiger partial charge < -0.3 is 4.74 Å². The second-order valence-electron chi connectivity index (χ2n) is 2.15. The Kier molecular flexibility index (Phi) is 3.26. The molecule has 3 heteroatoms. The van der Waals surface area contributed by atoms with Gasteiger partial charge in [0, 0.05) is 12.0 Å². The summed E-state index contributed by atoms with van der Waals surface area (Å²) in [5.41, 5.74) is 0. The predicted octanol–water partition coefficient (Wildman–Crippen LogP) is 2.14. The summed E-state index contributed by atoms with van der Waals surface area (Å²) in [5.74, 6) is 0. The van der Waals surface area contributed by atoms with Crippen LogP contribution in [0.15, 0.2) is 22.5 Å².